The van der Waals surface area contributed by atoms with Gasteiger partial charge in [-0.15, -0.1) is 0 Å². The van der Waals surface area contributed by atoms with Gasteiger partial charge in [-0.25, -0.2) is 4.98 Å². The molecule has 1 heterocycles. The first-order chi connectivity index (χ1) is 7.84. The molecular formula is C12H13IN2O. The number of hydrogen-bond acceptors (Lipinski definition) is 2. The minimum absolute atomic E-state index is 0.736. The molecule has 0 radical (unpaired) electrons. The molecule has 0 fully saturated rings. The van der Waals surface area contributed by atoms with Crippen molar-refractivity contribution >= 4 is 22.6 Å². The second-order valence-electron chi connectivity index (χ2n) is 3.48. The minimum atomic E-state index is 0.736. The van der Waals surface area contributed by atoms with Crippen LogP contribution >= 0.6 is 22.6 Å². The predicted octanol–water partition coefficient (Wildman–Crippen LogP) is 3.03. The van der Waals surface area contributed by atoms with Crippen LogP contribution in [0.5, 0.6) is 5.75 Å². The van der Waals surface area contributed by atoms with Gasteiger partial charge in [-0.3, -0.25) is 0 Å². The summed E-state index contributed by atoms with van der Waals surface area (Å²) in [5.74, 6) is 0.935. The number of H-pyrrole nitrogens is 1. The molecule has 0 atom stereocenters. The molecule has 4 heteroatoms. The van der Waals surface area contributed by atoms with Crippen molar-refractivity contribution in [2.45, 2.75) is 12.8 Å². The molecule has 0 saturated heterocycles. The van der Waals surface area contributed by atoms with Crippen LogP contribution in [0.4, 0.5) is 0 Å². The first-order valence-electron chi connectivity index (χ1n) is 5.20. The van der Waals surface area contributed by atoms with Crippen LogP contribution in [0.25, 0.3) is 0 Å². The monoisotopic (exact) mass is 328 g/mol. The molecule has 0 bridgehead atoms. The second kappa shape index (κ2) is 5.89. The third kappa shape index (κ3) is 3.52. The summed E-state index contributed by atoms with van der Waals surface area (Å²) in [6, 6.07) is 8.09. The van der Waals surface area contributed by atoms with Gasteiger partial charge in [0.1, 0.15) is 5.75 Å². The van der Waals surface area contributed by atoms with Crippen molar-refractivity contribution in [3.63, 3.8) is 0 Å². The van der Waals surface area contributed by atoms with Crippen LogP contribution in [0.1, 0.15) is 12.1 Å². The van der Waals surface area contributed by atoms with Crippen molar-refractivity contribution in [3.05, 3.63) is 46.1 Å². The molecule has 0 unspecified atom stereocenters. The van der Waals surface area contributed by atoms with Gasteiger partial charge in [0.05, 0.1) is 12.9 Å². The number of halogens is 1. The number of imidazole rings is 1. The molecule has 1 aromatic heterocycles. The number of nitrogens with one attached hydrogen (secondary N) is 1. The van der Waals surface area contributed by atoms with E-state index < -0.39 is 0 Å². The first kappa shape index (κ1) is 11.4. The summed E-state index contributed by atoms with van der Waals surface area (Å²) >= 11 is 2.28. The van der Waals surface area contributed by atoms with Crippen LogP contribution in [-0.4, -0.2) is 16.6 Å². The average Bonchev–Trinajstić information content (AvgIpc) is 2.80. The summed E-state index contributed by atoms with van der Waals surface area (Å²) < 4.78 is 6.85. The van der Waals surface area contributed by atoms with Gasteiger partial charge < -0.3 is 9.72 Å². The van der Waals surface area contributed by atoms with E-state index in [4.69, 9.17) is 4.74 Å². The highest BCUT2D eigenvalue weighted by atomic mass is 127. The highest BCUT2D eigenvalue weighted by molar-refractivity contribution is 14.1. The Hall–Kier alpha value is -1.04. The first-order valence-corrected chi connectivity index (χ1v) is 6.28. The van der Waals surface area contributed by atoms with E-state index in [1.807, 2.05) is 30.5 Å². The molecule has 2 aromatic rings. The summed E-state index contributed by atoms with van der Waals surface area (Å²) in [4.78, 5) is 7.05. The fourth-order valence-corrected chi connectivity index (χ4v) is 1.76. The Kier molecular flexibility index (Phi) is 4.21. The Morgan fingerprint density at radius 3 is 2.75 bits per heavy atom. The van der Waals surface area contributed by atoms with E-state index in [1.54, 1.807) is 6.33 Å². The molecule has 0 spiro atoms. The zero-order valence-corrected chi connectivity index (χ0v) is 11.0. The number of benzene rings is 1. The average molecular weight is 328 g/mol. The van der Waals surface area contributed by atoms with Gasteiger partial charge in [-0.1, -0.05) is 0 Å². The van der Waals surface area contributed by atoms with Crippen molar-refractivity contribution in [2.24, 2.45) is 0 Å². The molecular weight excluding hydrogens is 315 g/mol. The molecule has 0 aliphatic carbocycles. The fraction of sp³-hybridized carbons (Fsp3) is 0.250. The Morgan fingerprint density at radius 2 is 2.06 bits per heavy atom. The standard InChI is InChI=1S/C12H13IN2O/c13-10-3-5-12(6-4-10)16-7-1-2-11-8-14-9-15-11/h3-6,8-9H,1-2,7H2,(H,14,15). The molecule has 0 aliphatic rings. The maximum atomic E-state index is 5.62. The lowest BCUT2D eigenvalue weighted by Gasteiger charge is -2.05. The van der Waals surface area contributed by atoms with Crippen molar-refractivity contribution < 1.29 is 4.74 Å². The van der Waals surface area contributed by atoms with E-state index >= 15 is 0 Å². The molecule has 0 aliphatic heterocycles. The van der Waals surface area contributed by atoms with Gasteiger partial charge in [0, 0.05) is 15.5 Å². The topological polar surface area (TPSA) is 37.9 Å². The molecule has 3 nitrogen and oxygen atoms in total. The second-order valence-corrected chi connectivity index (χ2v) is 4.73. The number of aromatic nitrogens is 2. The Bertz CT molecular complexity index is 411. The number of nitrogens with zero attached hydrogens (tertiary/aromatic N) is 1. The van der Waals surface area contributed by atoms with E-state index in [2.05, 4.69) is 32.6 Å². The van der Waals surface area contributed by atoms with Crippen molar-refractivity contribution in [1.82, 2.24) is 9.97 Å². The molecule has 0 amide bonds. The van der Waals surface area contributed by atoms with Crippen LogP contribution in [0.15, 0.2) is 36.8 Å². The lowest BCUT2D eigenvalue weighted by Crippen LogP contribution is -1.99. The van der Waals surface area contributed by atoms with E-state index in [1.165, 1.54) is 3.57 Å². The summed E-state index contributed by atoms with van der Waals surface area (Å²) in [5, 5.41) is 0. The maximum Gasteiger partial charge on any atom is 0.119 e. The Morgan fingerprint density at radius 1 is 1.25 bits per heavy atom. The lowest BCUT2D eigenvalue weighted by atomic mass is 10.2. The molecule has 1 N–H and O–H groups in total. The van der Waals surface area contributed by atoms with E-state index in [-0.39, 0.29) is 0 Å². The predicted molar refractivity (Wildman–Crippen MR) is 71.6 cm³/mol. The molecule has 0 saturated carbocycles. The summed E-state index contributed by atoms with van der Waals surface area (Å²) in [5.41, 5.74) is 1.16. The van der Waals surface area contributed by atoms with Crippen LogP contribution in [-0.2, 0) is 6.42 Å². The maximum absolute atomic E-state index is 5.62. The zero-order chi connectivity index (χ0) is 11.2. The summed E-state index contributed by atoms with van der Waals surface area (Å²) in [6.45, 7) is 0.736. The largest absolute Gasteiger partial charge is 0.494 e. The Labute approximate surface area is 108 Å². The Balaban J connectivity index is 1.70. The normalized spacial score (nSPS) is 10.3. The molecule has 16 heavy (non-hydrogen) atoms. The molecule has 84 valence electrons. The van der Waals surface area contributed by atoms with Crippen molar-refractivity contribution in [2.75, 3.05) is 6.61 Å². The van der Waals surface area contributed by atoms with E-state index in [0.717, 1.165) is 30.9 Å². The highest BCUT2D eigenvalue weighted by Crippen LogP contribution is 2.13. The number of hydrogen-bond donors (Lipinski definition) is 1. The third-order valence-electron chi connectivity index (χ3n) is 2.23. The van der Waals surface area contributed by atoms with Crippen LogP contribution in [0, 0.1) is 3.57 Å². The van der Waals surface area contributed by atoms with Gasteiger partial charge in [-0.2, -0.15) is 0 Å². The van der Waals surface area contributed by atoms with Gasteiger partial charge in [0.2, 0.25) is 0 Å². The number of aryl methyl sites for hydroxylation is 1. The van der Waals surface area contributed by atoms with Crippen molar-refractivity contribution in [1.29, 1.82) is 0 Å². The minimum Gasteiger partial charge on any atom is -0.494 e. The number of aromatic amines is 1. The van der Waals surface area contributed by atoms with Gasteiger partial charge in [0.25, 0.3) is 0 Å². The summed E-state index contributed by atoms with van der Waals surface area (Å²) in [6.07, 6.45) is 5.53. The van der Waals surface area contributed by atoms with Gasteiger partial charge >= 0.3 is 0 Å². The van der Waals surface area contributed by atoms with Crippen LogP contribution < -0.4 is 4.74 Å². The lowest BCUT2D eigenvalue weighted by molar-refractivity contribution is 0.310. The number of ether oxygens (including phenoxy) is 1. The summed E-state index contributed by atoms with van der Waals surface area (Å²) in [7, 11) is 0. The van der Waals surface area contributed by atoms with Crippen LogP contribution in [0.3, 0.4) is 0 Å². The quantitative estimate of drug-likeness (QED) is 0.677. The molecule has 1 aromatic carbocycles. The van der Waals surface area contributed by atoms with Gasteiger partial charge in [-0.05, 0) is 59.7 Å². The van der Waals surface area contributed by atoms with Crippen molar-refractivity contribution in [3.8, 4) is 5.75 Å². The number of rotatable bonds is 5. The van der Waals surface area contributed by atoms with Gasteiger partial charge in [0.15, 0.2) is 0 Å². The van der Waals surface area contributed by atoms with E-state index in [9.17, 15) is 0 Å². The van der Waals surface area contributed by atoms with E-state index in [0.29, 0.717) is 0 Å². The highest BCUT2D eigenvalue weighted by Gasteiger charge is 1.96. The van der Waals surface area contributed by atoms with Crippen LogP contribution in [0.2, 0.25) is 0 Å². The smallest absolute Gasteiger partial charge is 0.119 e. The third-order valence-corrected chi connectivity index (χ3v) is 2.95. The fourth-order valence-electron chi connectivity index (χ4n) is 1.40. The SMILES string of the molecule is Ic1ccc(OCCCc2cnc[nH]2)cc1. The molecule has 2 rings (SSSR count). The zero-order valence-electron chi connectivity index (χ0n) is 8.82.